The molecule has 0 amide bonds. The zero-order valence-electron chi connectivity index (χ0n) is 9.99. The lowest BCUT2D eigenvalue weighted by molar-refractivity contribution is 0.0247. The van der Waals surface area contributed by atoms with Crippen LogP contribution in [0.2, 0.25) is 0 Å². The second-order valence-electron chi connectivity index (χ2n) is 4.50. The summed E-state index contributed by atoms with van der Waals surface area (Å²) >= 11 is 1.55. The summed E-state index contributed by atoms with van der Waals surface area (Å²) in [5.74, 6) is -0.241. The normalized spacial score (nSPS) is 20.2. The van der Waals surface area contributed by atoms with Gasteiger partial charge in [0.1, 0.15) is 5.82 Å². The van der Waals surface area contributed by atoms with Gasteiger partial charge in [0.15, 0.2) is 5.13 Å². The minimum atomic E-state index is -0.241. The highest BCUT2D eigenvalue weighted by Gasteiger charge is 2.14. The molecule has 1 aromatic heterocycles. The molecule has 18 heavy (non-hydrogen) atoms. The van der Waals surface area contributed by atoms with Crippen LogP contribution in [0.5, 0.6) is 0 Å². The summed E-state index contributed by atoms with van der Waals surface area (Å²) in [7, 11) is 0. The molecule has 2 heterocycles. The van der Waals surface area contributed by atoms with Crippen LogP contribution in [0.15, 0.2) is 18.2 Å². The third kappa shape index (κ3) is 2.62. The molecule has 0 saturated carbocycles. The summed E-state index contributed by atoms with van der Waals surface area (Å²) in [6, 6.07) is 4.70. The molecule has 5 heteroatoms. The number of fused-ring (bicyclic) bond motifs is 1. The summed E-state index contributed by atoms with van der Waals surface area (Å²) in [4.78, 5) is 4.37. The SMILES string of the molecule is Fc1ccc2sc(NCC3CCCCO3)nc2c1. The Hall–Kier alpha value is -1.20. The third-order valence-electron chi connectivity index (χ3n) is 3.10. The van der Waals surface area contributed by atoms with Crippen LogP contribution in [0.1, 0.15) is 19.3 Å². The van der Waals surface area contributed by atoms with Crippen molar-refractivity contribution in [2.24, 2.45) is 0 Å². The van der Waals surface area contributed by atoms with Gasteiger partial charge in [0, 0.05) is 19.2 Å². The van der Waals surface area contributed by atoms with E-state index in [1.807, 2.05) is 0 Å². The van der Waals surface area contributed by atoms with E-state index in [1.54, 1.807) is 17.4 Å². The second kappa shape index (κ2) is 5.20. The maximum absolute atomic E-state index is 13.0. The van der Waals surface area contributed by atoms with Gasteiger partial charge in [0.2, 0.25) is 0 Å². The lowest BCUT2D eigenvalue weighted by Gasteiger charge is -2.22. The van der Waals surface area contributed by atoms with Crippen molar-refractivity contribution in [3.8, 4) is 0 Å². The Morgan fingerprint density at radius 1 is 1.44 bits per heavy atom. The number of rotatable bonds is 3. The number of hydrogen-bond acceptors (Lipinski definition) is 4. The molecule has 1 unspecified atom stereocenters. The van der Waals surface area contributed by atoms with Crippen molar-refractivity contribution in [3.63, 3.8) is 0 Å². The topological polar surface area (TPSA) is 34.1 Å². The molecule has 1 atom stereocenters. The van der Waals surface area contributed by atoms with Gasteiger partial charge in [-0.2, -0.15) is 0 Å². The van der Waals surface area contributed by atoms with Crippen LogP contribution in [0.3, 0.4) is 0 Å². The van der Waals surface area contributed by atoms with Gasteiger partial charge in [0.05, 0.1) is 16.3 Å². The van der Waals surface area contributed by atoms with E-state index in [0.29, 0.717) is 5.52 Å². The number of nitrogens with one attached hydrogen (secondary N) is 1. The van der Waals surface area contributed by atoms with Crippen molar-refractivity contribution >= 4 is 26.7 Å². The monoisotopic (exact) mass is 266 g/mol. The largest absolute Gasteiger partial charge is 0.376 e. The van der Waals surface area contributed by atoms with Crippen LogP contribution in [0.25, 0.3) is 10.2 Å². The molecule has 0 radical (unpaired) electrons. The summed E-state index contributed by atoms with van der Waals surface area (Å²) in [5, 5.41) is 4.12. The van der Waals surface area contributed by atoms with Crippen molar-refractivity contribution in [3.05, 3.63) is 24.0 Å². The standard InChI is InChI=1S/C13H15FN2OS/c14-9-4-5-12-11(7-9)16-13(18-12)15-8-10-3-1-2-6-17-10/h4-5,7,10H,1-3,6,8H2,(H,15,16). The predicted octanol–water partition coefficient (Wildman–Crippen LogP) is 3.42. The molecule has 96 valence electrons. The minimum Gasteiger partial charge on any atom is -0.376 e. The summed E-state index contributed by atoms with van der Waals surface area (Å²) in [6.45, 7) is 1.64. The van der Waals surface area contributed by atoms with Crippen molar-refractivity contribution < 1.29 is 9.13 Å². The van der Waals surface area contributed by atoms with Crippen LogP contribution in [-0.2, 0) is 4.74 Å². The number of thiazole rings is 1. The first-order valence-corrected chi connectivity index (χ1v) is 7.04. The van der Waals surface area contributed by atoms with Gasteiger partial charge in [-0.15, -0.1) is 0 Å². The molecule has 1 aliphatic rings. The summed E-state index contributed by atoms with van der Waals surface area (Å²) in [5.41, 5.74) is 0.715. The average molecular weight is 266 g/mol. The number of anilines is 1. The Morgan fingerprint density at radius 2 is 2.39 bits per heavy atom. The molecule has 0 aliphatic carbocycles. The molecule has 3 nitrogen and oxygen atoms in total. The van der Waals surface area contributed by atoms with E-state index < -0.39 is 0 Å². The van der Waals surface area contributed by atoms with E-state index in [0.717, 1.165) is 35.8 Å². The molecular weight excluding hydrogens is 251 g/mol. The molecule has 1 fully saturated rings. The molecule has 1 aromatic carbocycles. The van der Waals surface area contributed by atoms with E-state index in [2.05, 4.69) is 10.3 Å². The van der Waals surface area contributed by atoms with Crippen molar-refractivity contribution in [1.82, 2.24) is 4.98 Å². The highest BCUT2D eigenvalue weighted by Crippen LogP contribution is 2.26. The molecule has 2 aromatic rings. The van der Waals surface area contributed by atoms with Crippen LogP contribution < -0.4 is 5.32 Å². The van der Waals surface area contributed by atoms with Crippen LogP contribution >= 0.6 is 11.3 Å². The Labute approximate surface area is 109 Å². The molecule has 1 aliphatic heterocycles. The van der Waals surface area contributed by atoms with E-state index in [9.17, 15) is 4.39 Å². The van der Waals surface area contributed by atoms with Crippen molar-refractivity contribution in [1.29, 1.82) is 0 Å². The third-order valence-corrected chi connectivity index (χ3v) is 4.10. The zero-order chi connectivity index (χ0) is 12.4. The van der Waals surface area contributed by atoms with E-state index in [-0.39, 0.29) is 11.9 Å². The lowest BCUT2D eigenvalue weighted by atomic mass is 10.1. The Morgan fingerprint density at radius 3 is 3.22 bits per heavy atom. The van der Waals surface area contributed by atoms with Gasteiger partial charge in [-0.05, 0) is 31.4 Å². The molecule has 1 saturated heterocycles. The lowest BCUT2D eigenvalue weighted by Crippen LogP contribution is -2.26. The van der Waals surface area contributed by atoms with E-state index in [1.165, 1.54) is 18.6 Å². The van der Waals surface area contributed by atoms with Crippen LogP contribution in [-0.4, -0.2) is 24.2 Å². The van der Waals surface area contributed by atoms with Gasteiger partial charge in [-0.1, -0.05) is 11.3 Å². The number of aromatic nitrogens is 1. The smallest absolute Gasteiger partial charge is 0.183 e. The Kier molecular flexibility index (Phi) is 3.43. The number of hydrogen-bond donors (Lipinski definition) is 1. The maximum Gasteiger partial charge on any atom is 0.183 e. The number of benzene rings is 1. The Bertz CT molecular complexity index is 537. The number of nitrogens with zero attached hydrogens (tertiary/aromatic N) is 1. The summed E-state index contributed by atoms with van der Waals surface area (Å²) in [6.07, 6.45) is 3.78. The van der Waals surface area contributed by atoms with Crippen LogP contribution in [0, 0.1) is 5.82 Å². The fourth-order valence-electron chi connectivity index (χ4n) is 2.15. The van der Waals surface area contributed by atoms with E-state index >= 15 is 0 Å². The quantitative estimate of drug-likeness (QED) is 0.924. The highest BCUT2D eigenvalue weighted by atomic mass is 32.1. The fourth-order valence-corrected chi connectivity index (χ4v) is 3.00. The number of ether oxygens (including phenoxy) is 1. The van der Waals surface area contributed by atoms with Crippen LogP contribution in [0.4, 0.5) is 9.52 Å². The molecule has 1 N–H and O–H groups in total. The van der Waals surface area contributed by atoms with Gasteiger partial charge in [-0.3, -0.25) is 0 Å². The first-order chi connectivity index (χ1) is 8.81. The molecular formula is C13H15FN2OS. The van der Waals surface area contributed by atoms with Crippen molar-refractivity contribution in [2.45, 2.75) is 25.4 Å². The van der Waals surface area contributed by atoms with Gasteiger partial charge in [-0.25, -0.2) is 9.37 Å². The molecule has 0 bridgehead atoms. The molecule has 0 spiro atoms. The maximum atomic E-state index is 13.0. The van der Waals surface area contributed by atoms with Gasteiger partial charge in [0.25, 0.3) is 0 Å². The second-order valence-corrected chi connectivity index (χ2v) is 5.53. The minimum absolute atomic E-state index is 0.241. The predicted molar refractivity (Wildman–Crippen MR) is 71.7 cm³/mol. The molecule has 3 rings (SSSR count). The zero-order valence-corrected chi connectivity index (χ0v) is 10.8. The summed E-state index contributed by atoms with van der Waals surface area (Å²) < 4.78 is 19.7. The van der Waals surface area contributed by atoms with E-state index in [4.69, 9.17) is 4.74 Å². The average Bonchev–Trinajstić information content (AvgIpc) is 2.79. The fraction of sp³-hybridized carbons (Fsp3) is 0.462. The first-order valence-electron chi connectivity index (χ1n) is 6.23. The van der Waals surface area contributed by atoms with Gasteiger partial charge < -0.3 is 10.1 Å². The highest BCUT2D eigenvalue weighted by molar-refractivity contribution is 7.22. The first kappa shape index (κ1) is 11.9. The Balaban J connectivity index is 1.67. The van der Waals surface area contributed by atoms with Crippen molar-refractivity contribution in [2.75, 3.05) is 18.5 Å². The van der Waals surface area contributed by atoms with Gasteiger partial charge >= 0.3 is 0 Å². The number of halogens is 1.